The van der Waals surface area contributed by atoms with Crippen LogP contribution >= 0.6 is 0 Å². The normalized spacial score (nSPS) is 15.4. The fourth-order valence-corrected chi connectivity index (χ4v) is 2.61. The van der Waals surface area contributed by atoms with E-state index in [2.05, 4.69) is 16.0 Å². The molecule has 126 valence electrons. The van der Waals surface area contributed by atoms with Crippen molar-refractivity contribution in [2.24, 2.45) is 11.8 Å². The summed E-state index contributed by atoms with van der Waals surface area (Å²) in [6.07, 6.45) is 2.78. The van der Waals surface area contributed by atoms with Gasteiger partial charge in [-0.1, -0.05) is 26.0 Å². The molecule has 1 fully saturated rings. The largest absolute Gasteiger partial charge is 0.352 e. The molecule has 0 aromatic heterocycles. The van der Waals surface area contributed by atoms with Crippen molar-refractivity contribution in [2.75, 3.05) is 18.4 Å². The van der Waals surface area contributed by atoms with Crippen molar-refractivity contribution in [1.29, 1.82) is 0 Å². The van der Waals surface area contributed by atoms with E-state index in [0.29, 0.717) is 18.9 Å². The molecule has 1 aliphatic heterocycles. The zero-order valence-electron chi connectivity index (χ0n) is 14.0. The summed E-state index contributed by atoms with van der Waals surface area (Å²) >= 11 is 0. The maximum Gasteiger partial charge on any atom is 0.226 e. The summed E-state index contributed by atoms with van der Waals surface area (Å²) < 4.78 is 0. The second kappa shape index (κ2) is 8.67. The lowest BCUT2D eigenvalue weighted by Crippen LogP contribution is -2.32. The Morgan fingerprint density at radius 2 is 1.83 bits per heavy atom. The van der Waals surface area contributed by atoms with Crippen LogP contribution in [0.2, 0.25) is 0 Å². The molecule has 2 amide bonds. The van der Waals surface area contributed by atoms with Gasteiger partial charge >= 0.3 is 0 Å². The molecule has 1 saturated heterocycles. The van der Waals surface area contributed by atoms with E-state index < -0.39 is 0 Å². The molecule has 5 heteroatoms. The van der Waals surface area contributed by atoms with Crippen molar-refractivity contribution >= 4 is 17.5 Å². The molecule has 0 radical (unpaired) electrons. The van der Waals surface area contributed by atoms with Gasteiger partial charge in [0.25, 0.3) is 0 Å². The number of carbonyl (C=O) groups is 2. The van der Waals surface area contributed by atoms with E-state index in [4.69, 9.17) is 0 Å². The molecule has 1 aliphatic rings. The van der Waals surface area contributed by atoms with Crippen LogP contribution in [0.3, 0.4) is 0 Å². The SMILES string of the molecule is CC(C)C(=O)Nc1ccc(CNC(=O)CC2CCNCC2)cc1. The Morgan fingerprint density at radius 3 is 2.43 bits per heavy atom. The number of hydrogen-bond acceptors (Lipinski definition) is 3. The Kier molecular flexibility index (Phi) is 6.59. The highest BCUT2D eigenvalue weighted by Gasteiger charge is 2.16. The van der Waals surface area contributed by atoms with E-state index in [1.54, 1.807) is 0 Å². The number of rotatable bonds is 6. The molecule has 1 aromatic carbocycles. The molecule has 0 atom stereocenters. The number of carbonyl (C=O) groups excluding carboxylic acids is 2. The Hall–Kier alpha value is -1.88. The van der Waals surface area contributed by atoms with Gasteiger partial charge in [0.05, 0.1) is 0 Å². The summed E-state index contributed by atoms with van der Waals surface area (Å²) in [7, 11) is 0. The number of hydrogen-bond donors (Lipinski definition) is 3. The van der Waals surface area contributed by atoms with Gasteiger partial charge in [0.15, 0.2) is 0 Å². The molecule has 0 aliphatic carbocycles. The second-order valence-electron chi connectivity index (χ2n) is 6.52. The first-order chi connectivity index (χ1) is 11.0. The van der Waals surface area contributed by atoms with Crippen molar-refractivity contribution in [3.63, 3.8) is 0 Å². The molecule has 3 N–H and O–H groups in total. The molecular weight excluding hydrogens is 290 g/mol. The molecule has 0 unspecified atom stereocenters. The van der Waals surface area contributed by atoms with Crippen LogP contribution in [0.25, 0.3) is 0 Å². The molecule has 0 spiro atoms. The first-order valence-electron chi connectivity index (χ1n) is 8.42. The Morgan fingerprint density at radius 1 is 1.17 bits per heavy atom. The van der Waals surface area contributed by atoms with E-state index in [1.165, 1.54) is 0 Å². The average molecular weight is 317 g/mol. The van der Waals surface area contributed by atoms with Gasteiger partial charge in [-0.05, 0) is 49.5 Å². The van der Waals surface area contributed by atoms with Gasteiger partial charge in [-0.2, -0.15) is 0 Å². The lowest BCUT2D eigenvalue weighted by molar-refractivity contribution is -0.122. The minimum absolute atomic E-state index is 0.00743. The smallest absolute Gasteiger partial charge is 0.226 e. The third kappa shape index (κ3) is 6.02. The lowest BCUT2D eigenvalue weighted by Gasteiger charge is -2.21. The van der Waals surface area contributed by atoms with E-state index in [0.717, 1.165) is 37.2 Å². The fourth-order valence-electron chi connectivity index (χ4n) is 2.61. The lowest BCUT2D eigenvalue weighted by atomic mass is 9.94. The van der Waals surface area contributed by atoms with E-state index in [1.807, 2.05) is 38.1 Å². The highest BCUT2D eigenvalue weighted by Crippen LogP contribution is 2.16. The number of nitrogens with one attached hydrogen (secondary N) is 3. The molecule has 23 heavy (non-hydrogen) atoms. The number of anilines is 1. The zero-order chi connectivity index (χ0) is 16.7. The van der Waals surface area contributed by atoms with Gasteiger partial charge in [-0.3, -0.25) is 9.59 Å². The molecule has 1 aromatic rings. The number of piperidine rings is 1. The predicted octanol–water partition coefficient (Wildman–Crippen LogP) is 2.29. The Labute approximate surface area is 138 Å². The van der Waals surface area contributed by atoms with E-state index in [-0.39, 0.29) is 17.7 Å². The summed E-state index contributed by atoms with van der Waals surface area (Å²) in [5.41, 5.74) is 1.82. The van der Waals surface area contributed by atoms with E-state index in [9.17, 15) is 9.59 Å². The van der Waals surface area contributed by atoms with Crippen molar-refractivity contribution in [3.8, 4) is 0 Å². The molecule has 2 rings (SSSR count). The van der Waals surface area contributed by atoms with Crippen LogP contribution in [0, 0.1) is 11.8 Å². The van der Waals surface area contributed by atoms with Gasteiger partial charge in [0, 0.05) is 24.6 Å². The van der Waals surface area contributed by atoms with Crippen LogP contribution in [0.4, 0.5) is 5.69 Å². The van der Waals surface area contributed by atoms with E-state index >= 15 is 0 Å². The van der Waals surface area contributed by atoms with Crippen LogP contribution in [-0.4, -0.2) is 24.9 Å². The van der Waals surface area contributed by atoms with Crippen molar-refractivity contribution in [3.05, 3.63) is 29.8 Å². The number of benzene rings is 1. The summed E-state index contributed by atoms with van der Waals surface area (Å²) in [6, 6.07) is 7.60. The summed E-state index contributed by atoms with van der Waals surface area (Å²) in [4.78, 5) is 23.6. The molecule has 5 nitrogen and oxygen atoms in total. The standard InChI is InChI=1S/C18H27N3O2/c1-13(2)18(23)21-16-5-3-15(4-6-16)12-20-17(22)11-14-7-9-19-10-8-14/h3-6,13-14,19H,7-12H2,1-2H3,(H,20,22)(H,21,23). The Bertz CT molecular complexity index is 520. The topological polar surface area (TPSA) is 70.2 Å². The zero-order valence-corrected chi connectivity index (χ0v) is 14.0. The predicted molar refractivity (Wildman–Crippen MR) is 92.0 cm³/mol. The third-order valence-electron chi connectivity index (χ3n) is 4.17. The van der Waals surface area contributed by atoms with Crippen molar-refractivity contribution in [2.45, 2.75) is 39.7 Å². The maximum atomic E-state index is 12.0. The van der Waals surface area contributed by atoms with Gasteiger partial charge in [0.1, 0.15) is 0 Å². The highest BCUT2D eigenvalue weighted by molar-refractivity contribution is 5.92. The molecule has 1 heterocycles. The fraction of sp³-hybridized carbons (Fsp3) is 0.556. The monoisotopic (exact) mass is 317 g/mol. The summed E-state index contributed by atoms with van der Waals surface area (Å²) in [5, 5.41) is 9.14. The minimum atomic E-state index is -0.0380. The first-order valence-corrected chi connectivity index (χ1v) is 8.42. The Balaban J connectivity index is 1.74. The summed E-state index contributed by atoms with van der Waals surface area (Å²) in [5.74, 6) is 0.593. The van der Waals surface area contributed by atoms with Crippen LogP contribution < -0.4 is 16.0 Å². The third-order valence-corrected chi connectivity index (χ3v) is 4.17. The maximum absolute atomic E-state index is 12.0. The average Bonchev–Trinajstić information content (AvgIpc) is 2.55. The minimum Gasteiger partial charge on any atom is -0.352 e. The second-order valence-corrected chi connectivity index (χ2v) is 6.52. The van der Waals surface area contributed by atoms with Crippen LogP contribution in [0.1, 0.15) is 38.7 Å². The van der Waals surface area contributed by atoms with Crippen LogP contribution in [0.15, 0.2) is 24.3 Å². The van der Waals surface area contributed by atoms with Crippen LogP contribution in [0.5, 0.6) is 0 Å². The first kappa shape index (κ1) is 17.5. The highest BCUT2D eigenvalue weighted by atomic mass is 16.2. The number of amides is 2. The quantitative estimate of drug-likeness (QED) is 0.754. The van der Waals surface area contributed by atoms with Crippen molar-refractivity contribution in [1.82, 2.24) is 10.6 Å². The molecule has 0 bridgehead atoms. The van der Waals surface area contributed by atoms with Gasteiger partial charge in [-0.15, -0.1) is 0 Å². The van der Waals surface area contributed by atoms with Crippen LogP contribution in [-0.2, 0) is 16.1 Å². The van der Waals surface area contributed by atoms with Gasteiger partial charge in [-0.25, -0.2) is 0 Å². The molecule has 0 saturated carbocycles. The van der Waals surface area contributed by atoms with Gasteiger partial charge in [0.2, 0.25) is 11.8 Å². The van der Waals surface area contributed by atoms with Gasteiger partial charge < -0.3 is 16.0 Å². The summed E-state index contributed by atoms with van der Waals surface area (Å²) in [6.45, 7) is 6.29. The van der Waals surface area contributed by atoms with Crippen molar-refractivity contribution < 1.29 is 9.59 Å². The molecular formula is C18H27N3O2.